The fourth-order valence-electron chi connectivity index (χ4n) is 0.818. The van der Waals surface area contributed by atoms with Crippen molar-refractivity contribution in [3.8, 4) is 5.88 Å². The van der Waals surface area contributed by atoms with Gasteiger partial charge in [-0.25, -0.2) is 4.98 Å². The van der Waals surface area contributed by atoms with Crippen molar-refractivity contribution in [3.05, 3.63) is 18.3 Å². The number of nitrogens with two attached hydrogens (primary N) is 1. The molecule has 1 aromatic heterocycles. The van der Waals surface area contributed by atoms with Crippen molar-refractivity contribution in [1.82, 2.24) is 4.98 Å². The molecule has 66 valence electrons. The van der Waals surface area contributed by atoms with Crippen LogP contribution < -0.4 is 16.0 Å². The van der Waals surface area contributed by atoms with Gasteiger partial charge >= 0.3 is 0 Å². The second kappa shape index (κ2) is 3.92. The van der Waals surface area contributed by atoms with E-state index in [1.165, 1.54) is 0 Å². The molecule has 0 aliphatic heterocycles. The van der Waals surface area contributed by atoms with E-state index < -0.39 is 0 Å². The first-order chi connectivity index (χ1) is 5.74. The van der Waals surface area contributed by atoms with Crippen molar-refractivity contribution < 1.29 is 4.74 Å². The average Bonchev–Trinajstić information content (AvgIpc) is 2.04. The average molecular weight is 167 g/mol. The van der Waals surface area contributed by atoms with Crippen molar-refractivity contribution in [3.63, 3.8) is 0 Å². The molecule has 0 saturated carbocycles. The maximum Gasteiger partial charge on any atom is 0.238 e. The number of rotatable bonds is 3. The zero-order valence-corrected chi connectivity index (χ0v) is 7.24. The van der Waals surface area contributed by atoms with Gasteiger partial charge in [0.15, 0.2) is 0 Å². The number of anilines is 1. The highest BCUT2D eigenvalue weighted by atomic mass is 16.5. The van der Waals surface area contributed by atoms with Crippen LogP contribution in [0.5, 0.6) is 5.88 Å². The molecule has 1 heterocycles. The SMILES string of the molecule is CC(C)Oc1ncccc1NN. The van der Waals surface area contributed by atoms with Gasteiger partial charge < -0.3 is 10.2 Å². The van der Waals surface area contributed by atoms with E-state index in [2.05, 4.69) is 10.4 Å². The van der Waals surface area contributed by atoms with Crippen molar-refractivity contribution in [2.75, 3.05) is 5.43 Å². The smallest absolute Gasteiger partial charge is 0.238 e. The molecule has 12 heavy (non-hydrogen) atoms. The summed E-state index contributed by atoms with van der Waals surface area (Å²) in [6.07, 6.45) is 1.77. The molecule has 0 aliphatic carbocycles. The van der Waals surface area contributed by atoms with Crippen LogP contribution in [0.15, 0.2) is 18.3 Å². The molecule has 1 aromatic rings. The topological polar surface area (TPSA) is 60.2 Å². The Balaban J connectivity index is 2.82. The summed E-state index contributed by atoms with van der Waals surface area (Å²) in [6, 6.07) is 3.60. The van der Waals surface area contributed by atoms with E-state index in [0.717, 1.165) is 0 Å². The van der Waals surface area contributed by atoms with Crippen LogP contribution in [0.4, 0.5) is 5.69 Å². The number of hydrazine groups is 1. The van der Waals surface area contributed by atoms with Crippen molar-refractivity contribution in [2.45, 2.75) is 20.0 Å². The largest absolute Gasteiger partial charge is 0.473 e. The summed E-state index contributed by atoms with van der Waals surface area (Å²) in [5, 5.41) is 0. The molecule has 0 spiro atoms. The lowest BCUT2D eigenvalue weighted by Gasteiger charge is -2.11. The van der Waals surface area contributed by atoms with Crippen LogP contribution in [0.1, 0.15) is 13.8 Å². The number of hydrogen-bond donors (Lipinski definition) is 2. The van der Waals surface area contributed by atoms with Gasteiger partial charge in [-0.05, 0) is 26.0 Å². The van der Waals surface area contributed by atoms with E-state index in [-0.39, 0.29) is 6.10 Å². The van der Waals surface area contributed by atoms with Gasteiger partial charge in [0.2, 0.25) is 5.88 Å². The number of nitrogen functional groups attached to an aromatic ring is 1. The Labute approximate surface area is 71.7 Å². The lowest BCUT2D eigenvalue weighted by molar-refractivity contribution is 0.234. The van der Waals surface area contributed by atoms with E-state index in [0.29, 0.717) is 11.6 Å². The zero-order chi connectivity index (χ0) is 8.97. The fraction of sp³-hybridized carbons (Fsp3) is 0.375. The molecule has 0 atom stereocenters. The minimum absolute atomic E-state index is 0.104. The third kappa shape index (κ3) is 2.10. The van der Waals surface area contributed by atoms with E-state index in [1.807, 2.05) is 19.9 Å². The molecular formula is C8H13N3O. The molecule has 0 amide bonds. The Bertz CT molecular complexity index is 250. The molecule has 0 fully saturated rings. The van der Waals surface area contributed by atoms with Crippen LogP contribution in [0.25, 0.3) is 0 Å². The molecule has 4 nitrogen and oxygen atoms in total. The highest BCUT2D eigenvalue weighted by molar-refractivity contribution is 5.50. The second-order valence-electron chi connectivity index (χ2n) is 2.67. The Kier molecular flexibility index (Phi) is 2.88. The van der Waals surface area contributed by atoms with Gasteiger partial charge in [-0.3, -0.25) is 5.84 Å². The summed E-state index contributed by atoms with van der Waals surface area (Å²) in [5.41, 5.74) is 3.21. The number of nitrogens with one attached hydrogen (secondary N) is 1. The van der Waals surface area contributed by atoms with E-state index >= 15 is 0 Å². The predicted molar refractivity (Wildman–Crippen MR) is 47.8 cm³/mol. The molecule has 0 aromatic carbocycles. The van der Waals surface area contributed by atoms with Gasteiger partial charge in [0.05, 0.1) is 6.10 Å². The fourth-order valence-corrected chi connectivity index (χ4v) is 0.818. The number of nitrogens with zero attached hydrogens (tertiary/aromatic N) is 1. The number of ether oxygens (including phenoxy) is 1. The van der Waals surface area contributed by atoms with Crippen LogP contribution in [0, 0.1) is 0 Å². The quantitative estimate of drug-likeness (QED) is 0.523. The third-order valence-corrected chi connectivity index (χ3v) is 1.27. The van der Waals surface area contributed by atoms with Crippen molar-refractivity contribution >= 4 is 5.69 Å². The monoisotopic (exact) mass is 167 g/mol. The first-order valence-corrected chi connectivity index (χ1v) is 3.82. The van der Waals surface area contributed by atoms with Gasteiger partial charge in [0.25, 0.3) is 0 Å². The van der Waals surface area contributed by atoms with Crippen LogP contribution in [0.3, 0.4) is 0 Å². The first kappa shape index (κ1) is 8.80. The summed E-state index contributed by atoms with van der Waals surface area (Å²) in [4.78, 5) is 4.02. The van der Waals surface area contributed by atoms with Gasteiger partial charge in [-0.15, -0.1) is 0 Å². The minimum atomic E-state index is 0.104. The highest BCUT2D eigenvalue weighted by Gasteiger charge is 2.03. The zero-order valence-electron chi connectivity index (χ0n) is 7.24. The first-order valence-electron chi connectivity index (χ1n) is 3.82. The van der Waals surface area contributed by atoms with Crippen LogP contribution in [0.2, 0.25) is 0 Å². The van der Waals surface area contributed by atoms with Crippen LogP contribution >= 0.6 is 0 Å². The molecule has 0 unspecified atom stereocenters. The van der Waals surface area contributed by atoms with Gasteiger partial charge in [-0.1, -0.05) is 0 Å². The summed E-state index contributed by atoms with van der Waals surface area (Å²) < 4.78 is 5.38. The molecule has 4 heteroatoms. The van der Waals surface area contributed by atoms with Crippen molar-refractivity contribution in [2.24, 2.45) is 5.84 Å². The Morgan fingerprint density at radius 2 is 2.33 bits per heavy atom. The molecular weight excluding hydrogens is 154 g/mol. The summed E-state index contributed by atoms with van der Waals surface area (Å²) >= 11 is 0. The van der Waals surface area contributed by atoms with Gasteiger partial charge in [-0.2, -0.15) is 0 Å². The third-order valence-electron chi connectivity index (χ3n) is 1.27. The Morgan fingerprint density at radius 1 is 1.58 bits per heavy atom. The van der Waals surface area contributed by atoms with Crippen molar-refractivity contribution in [1.29, 1.82) is 0 Å². The maximum atomic E-state index is 5.38. The molecule has 0 aliphatic rings. The number of pyridine rings is 1. The maximum absolute atomic E-state index is 5.38. The Hall–Kier alpha value is -1.29. The molecule has 0 radical (unpaired) electrons. The number of hydrogen-bond acceptors (Lipinski definition) is 4. The van der Waals surface area contributed by atoms with Gasteiger partial charge in [0, 0.05) is 6.20 Å². The van der Waals surface area contributed by atoms with E-state index in [1.54, 1.807) is 12.3 Å². The van der Waals surface area contributed by atoms with E-state index in [4.69, 9.17) is 10.6 Å². The molecule has 0 bridgehead atoms. The standard InChI is InChI=1S/C8H13N3O/c1-6(2)12-8-7(11-9)4-3-5-10-8/h3-6,11H,9H2,1-2H3. The lowest BCUT2D eigenvalue weighted by Crippen LogP contribution is -2.12. The summed E-state index contributed by atoms with van der Waals surface area (Å²) in [6.45, 7) is 3.88. The molecule has 1 rings (SSSR count). The molecule has 3 N–H and O–H groups in total. The van der Waals surface area contributed by atoms with Crippen LogP contribution in [-0.4, -0.2) is 11.1 Å². The minimum Gasteiger partial charge on any atom is -0.473 e. The summed E-state index contributed by atoms with van der Waals surface area (Å²) in [7, 11) is 0. The van der Waals surface area contributed by atoms with Crippen LogP contribution in [-0.2, 0) is 0 Å². The highest BCUT2D eigenvalue weighted by Crippen LogP contribution is 2.19. The second-order valence-corrected chi connectivity index (χ2v) is 2.67. The Morgan fingerprint density at radius 3 is 2.92 bits per heavy atom. The lowest BCUT2D eigenvalue weighted by atomic mass is 10.4. The number of aromatic nitrogens is 1. The van der Waals surface area contributed by atoms with E-state index in [9.17, 15) is 0 Å². The normalized spacial score (nSPS) is 10.0. The summed E-state index contributed by atoms with van der Waals surface area (Å²) in [5.74, 6) is 5.79. The molecule has 0 saturated heterocycles. The predicted octanol–water partition coefficient (Wildman–Crippen LogP) is 1.15. The van der Waals surface area contributed by atoms with Gasteiger partial charge in [0.1, 0.15) is 5.69 Å².